The molecule has 0 saturated carbocycles. The van der Waals surface area contributed by atoms with Crippen LogP contribution in [-0.2, 0) is 11.2 Å². The highest BCUT2D eigenvalue weighted by atomic mass is 79.9. The molecule has 0 fully saturated rings. The van der Waals surface area contributed by atoms with E-state index in [4.69, 9.17) is 4.74 Å². The van der Waals surface area contributed by atoms with Gasteiger partial charge in [0, 0.05) is 5.33 Å². The van der Waals surface area contributed by atoms with Crippen molar-refractivity contribution in [2.75, 3.05) is 18.5 Å². The van der Waals surface area contributed by atoms with Crippen molar-refractivity contribution in [3.63, 3.8) is 0 Å². The van der Waals surface area contributed by atoms with Crippen molar-refractivity contribution < 1.29 is 4.74 Å². The van der Waals surface area contributed by atoms with Gasteiger partial charge in [0.2, 0.25) is 0 Å². The van der Waals surface area contributed by atoms with Gasteiger partial charge in [0.25, 0.3) is 0 Å². The number of hydrogen-bond acceptors (Lipinski definition) is 2. The molecule has 1 nitrogen and oxygen atoms in total. The zero-order chi connectivity index (χ0) is 7.94. The molecule has 0 aliphatic heterocycles. The maximum absolute atomic E-state index is 5.31. The van der Waals surface area contributed by atoms with Crippen molar-refractivity contribution in [3.05, 3.63) is 22.4 Å². The van der Waals surface area contributed by atoms with Gasteiger partial charge >= 0.3 is 0 Å². The summed E-state index contributed by atoms with van der Waals surface area (Å²) in [5.74, 6) is 0. The van der Waals surface area contributed by atoms with Crippen LogP contribution in [0.1, 0.15) is 5.56 Å². The highest BCUT2D eigenvalue weighted by molar-refractivity contribution is 9.09. The zero-order valence-electron chi connectivity index (χ0n) is 6.25. The van der Waals surface area contributed by atoms with Gasteiger partial charge in [-0.25, -0.2) is 0 Å². The molecule has 1 aromatic heterocycles. The summed E-state index contributed by atoms with van der Waals surface area (Å²) < 4.78 is 5.31. The summed E-state index contributed by atoms with van der Waals surface area (Å²) in [4.78, 5) is 0. The molecule has 0 atom stereocenters. The SMILES string of the molecule is BrCCOCCc1ccsc1. The molecule has 1 aromatic rings. The number of halogens is 1. The molecule has 0 radical (unpaired) electrons. The molecule has 0 aromatic carbocycles. The minimum atomic E-state index is 0.810. The lowest BCUT2D eigenvalue weighted by Gasteiger charge is -1.98. The molecule has 11 heavy (non-hydrogen) atoms. The van der Waals surface area contributed by atoms with Gasteiger partial charge in [-0.3, -0.25) is 0 Å². The van der Waals surface area contributed by atoms with Gasteiger partial charge < -0.3 is 4.74 Å². The lowest BCUT2D eigenvalue weighted by Crippen LogP contribution is -1.99. The quantitative estimate of drug-likeness (QED) is 0.563. The van der Waals surface area contributed by atoms with Crippen molar-refractivity contribution >= 4 is 27.3 Å². The van der Waals surface area contributed by atoms with Gasteiger partial charge in [-0.1, -0.05) is 15.9 Å². The molecule has 0 aliphatic rings. The third-order valence-electron chi connectivity index (χ3n) is 1.34. The van der Waals surface area contributed by atoms with E-state index in [9.17, 15) is 0 Å². The summed E-state index contributed by atoms with van der Waals surface area (Å²) in [6, 6.07) is 2.14. The van der Waals surface area contributed by atoms with Crippen molar-refractivity contribution in [2.24, 2.45) is 0 Å². The maximum atomic E-state index is 5.31. The highest BCUT2D eigenvalue weighted by Crippen LogP contribution is 2.06. The van der Waals surface area contributed by atoms with E-state index in [1.165, 1.54) is 5.56 Å². The van der Waals surface area contributed by atoms with Crippen LogP contribution in [0.2, 0.25) is 0 Å². The molecule has 0 spiro atoms. The fourth-order valence-corrected chi connectivity index (χ4v) is 1.71. The maximum Gasteiger partial charge on any atom is 0.0563 e. The Morgan fingerprint density at radius 2 is 2.36 bits per heavy atom. The topological polar surface area (TPSA) is 9.23 Å². The normalized spacial score (nSPS) is 10.3. The first-order valence-electron chi connectivity index (χ1n) is 3.58. The van der Waals surface area contributed by atoms with E-state index < -0.39 is 0 Å². The van der Waals surface area contributed by atoms with E-state index >= 15 is 0 Å². The first-order chi connectivity index (χ1) is 5.43. The Morgan fingerprint density at radius 1 is 1.45 bits per heavy atom. The molecule has 0 N–H and O–H groups in total. The molecule has 0 unspecified atom stereocenters. The van der Waals surface area contributed by atoms with E-state index in [0.29, 0.717) is 0 Å². The molecule has 0 bridgehead atoms. The Morgan fingerprint density at radius 3 is 3.00 bits per heavy atom. The summed E-state index contributed by atoms with van der Waals surface area (Å²) in [7, 11) is 0. The average Bonchev–Trinajstić information content (AvgIpc) is 2.50. The van der Waals surface area contributed by atoms with Crippen LogP contribution in [0.4, 0.5) is 0 Å². The van der Waals surface area contributed by atoms with E-state index in [2.05, 4.69) is 32.8 Å². The summed E-state index contributed by atoms with van der Waals surface area (Å²) in [5.41, 5.74) is 1.38. The fraction of sp³-hybridized carbons (Fsp3) is 0.500. The minimum Gasteiger partial charge on any atom is -0.380 e. The Bertz CT molecular complexity index is 174. The summed E-state index contributed by atoms with van der Waals surface area (Å²) in [5, 5.41) is 5.19. The number of rotatable bonds is 5. The lowest BCUT2D eigenvalue weighted by atomic mass is 10.3. The third kappa shape index (κ3) is 3.89. The molecular weight excluding hydrogens is 224 g/mol. The molecule has 0 amide bonds. The Balaban J connectivity index is 2.04. The van der Waals surface area contributed by atoms with Crippen LogP contribution >= 0.6 is 27.3 Å². The van der Waals surface area contributed by atoms with E-state index in [-0.39, 0.29) is 0 Å². The number of hydrogen-bond donors (Lipinski definition) is 0. The van der Waals surface area contributed by atoms with Crippen LogP contribution in [-0.4, -0.2) is 18.5 Å². The van der Waals surface area contributed by atoms with E-state index in [1.807, 2.05) is 0 Å². The monoisotopic (exact) mass is 234 g/mol. The summed E-state index contributed by atoms with van der Waals surface area (Å²) in [6.45, 7) is 1.65. The first-order valence-corrected chi connectivity index (χ1v) is 5.64. The number of thiophene rings is 1. The fourth-order valence-electron chi connectivity index (χ4n) is 0.782. The minimum absolute atomic E-state index is 0.810. The highest BCUT2D eigenvalue weighted by Gasteiger charge is 1.91. The second-order valence-electron chi connectivity index (χ2n) is 2.18. The summed E-state index contributed by atoms with van der Waals surface area (Å²) in [6.07, 6.45) is 1.04. The van der Waals surface area contributed by atoms with Gasteiger partial charge in [0.05, 0.1) is 13.2 Å². The van der Waals surface area contributed by atoms with Crippen LogP contribution in [0.5, 0.6) is 0 Å². The molecule has 3 heteroatoms. The van der Waals surface area contributed by atoms with Gasteiger partial charge in [-0.05, 0) is 28.8 Å². The van der Waals surface area contributed by atoms with Gasteiger partial charge in [0.1, 0.15) is 0 Å². The Hall–Kier alpha value is 0.140. The zero-order valence-corrected chi connectivity index (χ0v) is 8.66. The lowest BCUT2D eigenvalue weighted by molar-refractivity contribution is 0.154. The van der Waals surface area contributed by atoms with Crippen LogP contribution in [0.3, 0.4) is 0 Å². The van der Waals surface area contributed by atoms with Crippen LogP contribution < -0.4 is 0 Å². The molecule has 0 aliphatic carbocycles. The average molecular weight is 235 g/mol. The van der Waals surface area contributed by atoms with Crippen molar-refractivity contribution in [1.82, 2.24) is 0 Å². The standard InChI is InChI=1S/C8H11BrOS/c9-3-5-10-4-1-8-2-6-11-7-8/h2,6-7H,1,3-5H2. The molecule has 1 heterocycles. The first kappa shape index (κ1) is 9.23. The summed E-state index contributed by atoms with van der Waals surface area (Å²) >= 11 is 5.04. The van der Waals surface area contributed by atoms with Crippen molar-refractivity contribution in [2.45, 2.75) is 6.42 Å². The third-order valence-corrected chi connectivity index (χ3v) is 2.39. The molecule has 1 rings (SSSR count). The predicted octanol–water partition coefficient (Wildman–Crippen LogP) is 2.70. The largest absolute Gasteiger partial charge is 0.380 e. The van der Waals surface area contributed by atoms with E-state index in [0.717, 1.165) is 25.0 Å². The van der Waals surface area contributed by atoms with Crippen molar-refractivity contribution in [1.29, 1.82) is 0 Å². The molecule has 0 saturated heterocycles. The van der Waals surface area contributed by atoms with Crippen molar-refractivity contribution in [3.8, 4) is 0 Å². The number of alkyl halides is 1. The Kier molecular flexibility index (Phi) is 4.82. The van der Waals surface area contributed by atoms with Crippen LogP contribution in [0, 0.1) is 0 Å². The Labute approximate surface area is 79.5 Å². The predicted molar refractivity (Wildman–Crippen MR) is 52.6 cm³/mol. The van der Waals surface area contributed by atoms with Crippen LogP contribution in [0.15, 0.2) is 16.8 Å². The van der Waals surface area contributed by atoms with Crippen LogP contribution in [0.25, 0.3) is 0 Å². The second-order valence-corrected chi connectivity index (χ2v) is 3.76. The number of ether oxygens (including phenoxy) is 1. The smallest absolute Gasteiger partial charge is 0.0563 e. The van der Waals surface area contributed by atoms with Gasteiger partial charge in [-0.2, -0.15) is 11.3 Å². The van der Waals surface area contributed by atoms with Gasteiger partial charge in [-0.15, -0.1) is 0 Å². The van der Waals surface area contributed by atoms with E-state index in [1.54, 1.807) is 11.3 Å². The molecule has 62 valence electrons. The second kappa shape index (κ2) is 5.75. The van der Waals surface area contributed by atoms with Gasteiger partial charge in [0.15, 0.2) is 0 Å². The molecular formula is C8H11BrOS.